The number of carbonyl (C=O) groups is 1. The molecular formula is C13H20N2O4. The second-order valence-electron chi connectivity index (χ2n) is 5.10. The van der Waals surface area contributed by atoms with Crippen LogP contribution in [0.4, 0.5) is 0 Å². The maximum atomic E-state index is 12.1. The average Bonchev–Trinajstić information content (AvgIpc) is 2.91. The predicted octanol–water partition coefficient (Wildman–Crippen LogP) is 1.20. The summed E-state index contributed by atoms with van der Waals surface area (Å²) in [7, 11) is 3.19. The minimum atomic E-state index is -0.862. The summed E-state index contributed by atoms with van der Waals surface area (Å²) in [6, 6.07) is 0. The van der Waals surface area contributed by atoms with Gasteiger partial charge in [0.25, 0.3) is 0 Å². The number of rotatable bonds is 4. The number of nitrogens with zero attached hydrogens (tertiary/aromatic N) is 2. The predicted molar refractivity (Wildman–Crippen MR) is 68.2 cm³/mol. The lowest BCUT2D eigenvalue weighted by atomic mass is 10.0. The van der Waals surface area contributed by atoms with E-state index < -0.39 is 11.6 Å². The van der Waals surface area contributed by atoms with Crippen LogP contribution in [0.5, 0.6) is 5.88 Å². The van der Waals surface area contributed by atoms with Crippen molar-refractivity contribution in [1.29, 1.82) is 0 Å². The van der Waals surface area contributed by atoms with Crippen LogP contribution in [0.15, 0.2) is 0 Å². The molecule has 6 heteroatoms. The number of ether oxygens (including phenoxy) is 2. The van der Waals surface area contributed by atoms with Gasteiger partial charge in [0.15, 0.2) is 0 Å². The number of aliphatic hydroxyl groups is 1. The highest BCUT2D eigenvalue weighted by Gasteiger charge is 2.33. The van der Waals surface area contributed by atoms with Crippen molar-refractivity contribution >= 4 is 5.97 Å². The highest BCUT2D eigenvalue weighted by Crippen LogP contribution is 2.30. The van der Waals surface area contributed by atoms with Crippen molar-refractivity contribution in [3.63, 3.8) is 0 Å². The third kappa shape index (κ3) is 2.73. The summed E-state index contributed by atoms with van der Waals surface area (Å²) in [4.78, 5) is 12.1. The summed E-state index contributed by atoms with van der Waals surface area (Å²) in [5, 5.41) is 14.3. The summed E-state index contributed by atoms with van der Waals surface area (Å²) < 4.78 is 11.9. The molecule has 0 unspecified atom stereocenters. The molecule has 1 saturated carbocycles. The SMILES string of the molecule is COc1c(C(=O)OCC2(O)CCCC2)c(C)nn1C. The van der Waals surface area contributed by atoms with Crippen LogP contribution in [-0.2, 0) is 11.8 Å². The maximum Gasteiger partial charge on any atom is 0.345 e. The fourth-order valence-electron chi connectivity index (χ4n) is 2.56. The number of aryl methyl sites for hydroxylation is 2. The molecule has 1 fully saturated rings. The minimum Gasteiger partial charge on any atom is -0.481 e. The number of hydrogen-bond donors (Lipinski definition) is 1. The topological polar surface area (TPSA) is 73.6 Å². The van der Waals surface area contributed by atoms with E-state index in [1.807, 2.05) is 0 Å². The molecule has 1 aliphatic carbocycles. The van der Waals surface area contributed by atoms with Crippen LogP contribution < -0.4 is 4.74 Å². The summed E-state index contributed by atoms with van der Waals surface area (Å²) in [6.07, 6.45) is 3.32. The van der Waals surface area contributed by atoms with E-state index in [1.54, 1.807) is 14.0 Å². The first-order valence-electron chi connectivity index (χ1n) is 6.44. The van der Waals surface area contributed by atoms with E-state index in [0.29, 0.717) is 30.0 Å². The molecule has 0 radical (unpaired) electrons. The smallest absolute Gasteiger partial charge is 0.345 e. The highest BCUT2D eigenvalue weighted by molar-refractivity contribution is 5.93. The average molecular weight is 268 g/mol. The summed E-state index contributed by atoms with van der Waals surface area (Å²) >= 11 is 0. The summed E-state index contributed by atoms with van der Waals surface area (Å²) in [6.45, 7) is 1.76. The quantitative estimate of drug-likeness (QED) is 0.831. The van der Waals surface area contributed by atoms with Crippen molar-refractivity contribution in [1.82, 2.24) is 9.78 Å². The van der Waals surface area contributed by atoms with Crippen LogP contribution in [0.3, 0.4) is 0 Å². The van der Waals surface area contributed by atoms with Gasteiger partial charge in [-0.15, -0.1) is 0 Å². The van der Waals surface area contributed by atoms with E-state index in [-0.39, 0.29) is 6.61 Å². The van der Waals surface area contributed by atoms with Crippen molar-refractivity contribution in [2.24, 2.45) is 7.05 Å². The minimum absolute atomic E-state index is 0.0311. The molecule has 1 N–H and O–H groups in total. The van der Waals surface area contributed by atoms with Gasteiger partial charge in [-0.1, -0.05) is 12.8 Å². The third-order valence-electron chi connectivity index (χ3n) is 3.57. The molecule has 0 spiro atoms. The van der Waals surface area contributed by atoms with Gasteiger partial charge in [-0.2, -0.15) is 5.10 Å². The van der Waals surface area contributed by atoms with Crippen molar-refractivity contribution in [2.45, 2.75) is 38.2 Å². The molecule has 0 saturated heterocycles. The van der Waals surface area contributed by atoms with E-state index in [1.165, 1.54) is 11.8 Å². The van der Waals surface area contributed by atoms with Crippen LogP contribution >= 0.6 is 0 Å². The van der Waals surface area contributed by atoms with E-state index >= 15 is 0 Å². The number of methoxy groups -OCH3 is 1. The molecule has 0 atom stereocenters. The Labute approximate surface area is 112 Å². The standard InChI is InChI=1S/C13H20N2O4/c1-9-10(11(18-3)15(2)14-9)12(16)19-8-13(17)6-4-5-7-13/h17H,4-8H2,1-3H3. The zero-order chi connectivity index (χ0) is 14.0. The molecule has 19 heavy (non-hydrogen) atoms. The Hall–Kier alpha value is -1.56. The normalized spacial score (nSPS) is 17.5. The van der Waals surface area contributed by atoms with Crippen LogP contribution in [0.2, 0.25) is 0 Å². The Morgan fingerprint density at radius 3 is 2.68 bits per heavy atom. The van der Waals surface area contributed by atoms with Gasteiger partial charge in [0, 0.05) is 7.05 Å². The van der Waals surface area contributed by atoms with Crippen LogP contribution in [0.25, 0.3) is 0 Å². The lowest BCUT2D eigenvalue weighted by Gasteiger charge is -2.21. The molecule has 1 heterocycles. The number of aromatic nitrogens is 2. The molecule has 2 rings (SSSR count). The second kappa shape index (κ2) is 5.21. The van der Waals surface area contributed by atoms with Gasteiger partial charge < -0.3 is 14.6 Å². The molecular weight excluding hydrogens is 248 g/mol. The molecule has 0 aromatic carbocycles. The van der Waals surface area contributed by atoms with E-state index in [2.05, 4.69) is 5.10 Å². The molecule has 0 aliphatic heterocycles. The van der Waals surface area contributed by atoms with Gasteiger partial charge in [-0.3, -0.25) is 0 Å². The molecule has 1 aliphatic rings. The molecule has 6 nitrogen and oxygen atoms in total. The van der Waals surface area contributed by atoms with Crippen LogP contribution in [0, 0.1) is 6.92 Å². The van der Waals surface area contributed by atoms with Crippen LogP contribution in [0.1, 0.15) is 41.7 Å². The van der Waals surface area contributed by atoms with E-state index in [4.69, 9.17) is 9.47 Å². The van der Waals surface area contributed by atoms with Crippen molar-refractivity contribution < 1.29 is 19.4 Å². The van der Waals surface area contributed by atoms with Crippen molar-refractivity contribution in [3.05, 3.63) is 11.3 Å². The monoisotopic (exact) mass is 268 g/mol. The Morgan fingerprint density at radius 2 is 2.11 bits per heavy atom. The fourth-order valence-corrected chi connectivity index (χ4v) is 2.56. The Bertz CT molecular complexity index is 475. The Balaban J connectivity index is 2.08. The van der Waals surface area contributed by atoms with Gasteiger partial charge in [-0.05, 0) is 19.8 Å². The Kier molecular flexibility index (Phi) is 3.80. The number of esters is 1. The molecule has 1 aromatic rings. The highest BCUT2D eigenvalue weighted by atomic mass is 16.5. The van der Waals surface area contributed by atoms with E-state index in [0.717, 1.165) is 12.8 Å². The van der Waals surface area contributed by atoms with Gasteiger partial charge in [0.05, 0.1) is 18.4 Å². The first kappa shape index (κ1) is 13.9. The largest absolute Gasteiger partial charge is 0.481 e. The zero-order valence-corrected chi connectivity index (χ0v) is 11.6. The lowest BCUT2D eigenvalue weighted by Crippen LogP contribution is -2.32. The second-order valence-corrected chi connectivity index (χ2v) is 5.10. The van der Waals surface area contributed by atoms with Gasteiger partial charge in [0.1, 0.15) is 12.2 Å². The van der Waals surface area contributed by atoms with Crippen molar-refractivity contribution in [3.8, 4) is 5.88 Å². The lowest BCUT2D eigenvalue weighted by molar-refractivity contribution is -0.0277. The number of carbonyl (C=O) groups excluding carboxylic acids is 1. The van der Waals surface area contributed by atoms with Gasteiger partial charge >= 0.3 is 5.97 Å². The maximum absolute atomic E-state index is 12.1. The van der Waals surface area contributed by atoms with Crippen molar-refractivity contribution in [2.75, 3.05) is 13.7 Å². The molecule has 106 valence electrons. The van der Waals surface area contributed by atoms with Crippen LogP contribution in [-0.4, -0.2) is 40.2 Å². The Morgan fingerprint density at radius 1 is 1.47 bits per heavy atom. The number of hydrogen-bond acceptors (Lipinski definition) is 5. The zero-order valence-electron chi connectivity index (χ0n) is 11.6. The van der Waals surface area contributed by atoms with Gasteiger partial charge in [0.2, 0.25) is 5.88 Å². The first-order chi connectivity index (χ1) is 8.97. The molecule has 0 bridgehead atoms. The first-order valence-corrected chi connectivity index (χ1v) is 6.44. The van der Waals surface area contributed by atoms with Gasteiger partial charge in [-0.25, -0.2) is 9.48 Å². The fraction of sp³-hybridized carbons (Fsp3) is 0.692. The molecule has 0 amide bonds. The van der Waals surface area contributed by atoms with E-state index in [9.17, 15) is 9.90 Å². The summed E-state index contributed by atoms with van der Waals surface area (Å²) in [5.74, 6) is -0.122. The summed E-state index contributed by atoms with van der Waals surface area (Å²) in [5.41, 5.74) is 0.0216. The molecule has 1 aromatic heterocycles. The third-order valence-corrected chi connectivity index (χ3v) is 3.57.